The van der Waals surface area contributed by atoms with E-state index in [9.17, 15) is 0 Å². The normalized spacial score (nSPS) is 10.8. The van der Waals surface area contributed by atoms with Crippen LogP contribution >= 0.6 is 14.0 Å². The van der Waals surface area contributed by atoms with Gasteiger partial charge in [-0.3, -0.25) is 0 Å². The van der Waals surface area contributed by atoms with Crippen LogP contribution in [0.25, 0.3) is 0 Å². The third-order valence-corrected chi connectivity index (χ3v) is 10.8. The van der Waals surface area contributed by atoms with Gasteiger partial charge in [-0.15, -0.1) is 0 Å². The Balaban J connectivity index is 3.00. The first-order valence-electron chi connectivity index (χ1n) is 4.45. The van der Waals surface area contributed by atoms with Gasteiger partial charge in [0.05, 0.1) is 0 Å². The third-order valence-electron chi connectivity index (χ3n) is 1.74. The number of hydrogen-bond acceptors (Lipinski definition) is 0. The summed E-state index contributed by atoms with van der Waals surface area (Å²) in [6.45, 7) is 4.56. The van der Waals surface area contributed by atoms with Gasteiger partial charge in [0.2, 0.25) is 0 Å². The zero-order valence-corrected chi connectivity index (χ0v) is 11.2. The molecule has 0 aromatic carbocycles. The zero-order chi connectivity index (χ0) is 7.82. The molecular weight excluding hydrogens is 249 g/mol. The molecule has 0 N–H and O–H groups in total. The van der Waals surface area contributed by atoms with Gasteiger partial charge in [-0.1, -0.05) is 0 Å². The molecule has 0 unspecified atom stereocenters. The minimum atomic E-state index is -0.848. The molecule has 10 heavy (non-hydrogen) atoms. The van der Waals surface area contributed by atoms with Crippen molar-refractivity contribution in [1.29, 1.82) is 0 Å². The van der Waals surface area contributed by atoms with Crippen molar-refractivity contribution in [3.05, 3.63) is 0 Å². The standard InChI is InChI=1S/C8H19BrGe/c1-3-5-7-10(9)8-6-4-2/h10H,3-8H2,1-2H3. The summed E-state index contributed by atoms with van der Waals surface area (Å²) in [7, 11) is 0. The summed E-state index contributed by atoms with van der Waals surface area (Å²) in [6.07, 6.45) is 5.66. The van der Waals surface area contributed by atoms with Crippen molar-refractivity contribution in [3.8, 4) is 0 Å². The van der Waals surface area contributed by atoms with Crippen LogP contribution in [0.2, 0.25) is 10.5 Å². The second kappa shape index (κ2) is 8.12. The van der Waals surface area contributed by atoms with Gasteiger partial charge in [0.25, 0.3) is 0 Å². The Labute approximate surface area is 76.5 Å². The van der Waals surface area contributed by atoms with Crippen LogP contribution in [0.15, 0.2) is 0 Å². The molecule has 0 radical (unpaired) electrons. The summed E-state index contributed by atoms with van der Waals surface area (Å²) in [5.41, 5.74) is 0. The molecule has 2 heteroatoms. The predicted octanol–water partition coefficient (Wildman–Crippen LogP) is 3.71. The average Bonchev–Trinajstić information content (AvgIpc) is 1.97. The summed E-state index contributed by atoms with van der Waals surface area (Å²) in [5.74, 6) is 0. The van der Waals surface area contributed by atoms with Gasteiger partial charge in [0.15, 0.2) is 0 Å². The fourth-order valence-electron chi connectivity index (χ4n) is 0.996. The topological polar surface area (TPSA) is 0 Å². The van der Waals surface area contributed by atoms with E-state index in [1.54, 1.807) is 10.5 Å². The summed E-state index contributed by atoms with van der Waals surface area (Å²) in [6, 6.07) is 0. The minimum absolute atomic E-state index is 0.848. The summed E-state index contributed by atoms with van der Waals surface area (Å²) >= 11 is 3.02. The molecule has 0 heterocycles. The van der Waals surface area contributed by atoms with E-state index < -0.39 is 12.5 Å². The molecule has 0 amide bonds. The van der Waals surface area contributed by atoms with E-state index >= 15 is 0 Å². The Kier molecular flexibility index (Phi) is 8.95. The number of hydrogen-bond donors (Lipinski definition) is 0. The number of halogens is 1. The predicted molar refractivity (Wildman–Crippen MR) is 55.5 cm³/mol. The Bertz CT molecular complexity index is 58.3. The second-order valence-corrected chi connectivity index (χ2v) is 14.5. The van der Waals surface area contributed by atoms with Crippen LogP contribution in [-0.4, -0.2) is 12.5 Å². The summed E-state index contributed by atoms with van der Waals surface area (Å²) in [4.78, 5) is 0. The molecule has 0 rings (SSSR count). The monoisotopic (exact) mass is 268 g/mol. The molecule has 0 aliphatic heterocycles. The molecule has 0 aromatic heterocycles. The molecule has 0 saturated heterocycles. The van der Waals surface area contributed by atoms with Crippen molar-refractivity contribution < 1.29 is 0 Å². The summed E-state index contributed by atoms with van der Waals surface area (Å²) < 4.78 is 0. The molecule has 0 spiro atoms. The molecule has 0 bridgehead atoms. The van der Waals surface area contributed by atoms with Crippen molar-refractivity contribution >= 4 is 26.5 Å². The molecule has 0 aromatic rings. The SMILES string of the molecule is CCC[CH2][GeH]([Br])[CH2]CCC. The van der Waals surface area contributed by atoms with E-state index in [0.29, 0.717) is 0 Å². The van der Waals surface area contributed by atoms with E-state index in [2.05, 4.69) is 27.9 Å². The second-order valence-electron chi connectivity index (χ2n) is 2.88. The van der Waals surface area contributed by atoms with Gasteiger partial charge in [-0.25, -0.2) is 0 Å². The van der Waals surface area contributed by atoms with Crippen molar-refractivity contribution in [2.45, 2.75) is 50.0 Å². The van der Waals surface area contributed by atoms with Gasteiger partial charge in [0.1, 0.15) is 0 Å². The van der Waals surface area contributed by atoms with Crippen LogP contribution in [0.1, 0.15) is 39.5 Å². The Hall–Kier alpha value is 1.02. The van der Waals surface area contributed by atoms with E-state index in [1.165, 1.54) is 25.7 Å². The quantitative estimate of drug-likeness (QED) is 0.644. The van der Waals surface area contributed by atoms with Crippen LogP contribution in [-0.2, 0) is 0 Å². The molecule has 0 aliphatic carbocycles. The first kappa shape index (κ1) is 11.0. The zero-order valence-electron chi connectivity index (χ0n) is 7.20. The Morgan fingerprint density at radius 1 is 1.00 bits per heavy atom. The van der Waals surface area contributed by atoms with Crippen LogP contribution in [0.4, 0.5) is 0 Å². The number of unbranched alkanes of at least 4 members (excludes halogenated alkanes) is 2. The Morgan fingerprint density at radius 3 is 1.70 bits per heavy atom. The maximum atomic E-state index is 3.87. The number of rotatable bonds is 6. The summed E-state index contributed by atoms with van der Waals surface area (Å²) in [5, 5.41) is 3.09. The van der Waals surface area contributed by atoms with Crippen LogP contribution in [0, 0.1) is 0 Å². The van der Waals surface area contributed by atoms with Gasteiger partial charge in [-0.05, 0) is 0 Å². The van der Waals surface area contributed by atoms with Crippen LogP contribution in [0.5, 0.6) is 0 Å². The van der Waals surface area contributed by atoms with E-state index in [-0.39, 0.29) is 0 Å². The molecular formula is C8H19BrGe. The molecule has 0 fully saturated rings. The van der Waals surface area contributed by atoms with E-state index in [1.807, 2.05) is 0 Å². The van der Waals surface area contributed by atoms with Crippen molar-refractivity contribution in [1.82, 2.24) is 0 Å². The first-order chi connectivity index (χ1) is 4.81. The average molecular weight is 268 g/mol. The van der Waals surface area contributed by atoms with Crippen molar-refractivity contribution in [2.75, 3.05) is 0 Å². The van der Waals surface area contributed by atoms with Gasteiger partial charge >= 0.3 is 76.5 Å². The fourth-order valence-corrected chi connectivity index (χ4v) is 8.54. The van der Waals surface area contributed by atoms with E-state index in [4.69, 9.17) is 0 Å². The van der Waals surface area contributed by atoms with Gasteiger partial charge in [0, 0.05) is 0 Å². The molecule has 0 atom stereocenters. The molecule has 0 aliphatic rings. The van der Waals surface area contributed by atoms with Gasteiger partial charge in [-0.2, -0.15) is 0 Å². The Morgan fingerprint density at radius 2 is 1.40 bits per heavy atom. The van der Waals surface area contributed by atoms with E-state index in [0.717, 1.165) is 0 Å². The molecule has 62 valence electrons. The molecule has 0 nitrogen and oxygen atoms in total. The van der Waals surface area contributed by atoms with Crippen LogP contribution < -0.4 is 0 Å². The first-order valence-corrected chi connectivity index (χ1v) is 13.5. The van der Waals surface area contributed by atoms with Gasteiger partial charge < -0.3 is 0 Å². The fraction of sp³-hybridized carbons (Fsp3) is 1.00. The third kappa shape index (κ3) is 7.13. The van der Waals surface area contributed by atoms with Crippen LogP contribution in [0.3, 0.4) is 0 Å². The van der Waals surface area contributed by atoms with Crippen molar-refractivity contribution in [3.63, 3.8) is 0 Å². The maximum absolute atomic E-state index is 3.87. The van der Waals surface area contributed by atoms with Crippen molar-refractivity contribution in [2.24, 2.45) is 0 Å². The molecule has 0 saturated carbocycles.